The minimum atomic E-state index is -0.174. The number of benzene rings is 2. The predicted octanol–water partition coefficient (Wildman–Crippen LogP) is 4.59. The van der Waals surface area contributed by atoms with Gasteiger partial charge in [-0.15, -0.1) is 0 Å². The molecule has 6 heteroatoms. The topological polar surface area (TPSA) is 45.1 Å². The lowest BCUT2D eigenvalue weighted by atomic mass is 9.84. The average molecular weight is 440 g/mol. The zero-order chi connectivity index (χ0) is 23.3. The standard InChI is InChI=1S/C26H34FN3O2/c1-18-12-21(16-28-32-11-10-29(4)5)13-19(2)25(18)30-17-22(14-20(3)26(30)31)15-23-8-6-7-9-24(23)27/h6-9,12-13,16,20,22H,10-11,14-15,17H2,1-5H3/b28-16+/t20-,22-/m1/s1. The van der Waals surface area contributed by atoms with Crippen LogP contribution in [0, 0.1) is 31.5 Å². The number of carbonyl (C=O) groups excluding carboxylic acids is 1. The zero-order valence-corrected chi connectivity index (χ0v) is 19.8. The highest BCUT2D eigenvalue weighted by Gasteiger charge is 2.34. The number of amides is 1. The van der Waals surface area contributed by atoms with E-state index < -0.39 is 0 Å². The van der Waals surface area contributed by atoms with Crippen molar-refractivity contribution in [2.24, 2.45) is 17.0 Å². The van der Waals surface area contributed by atoms with Crippen molar-refractivity contribution in [3.8, 4) is 0 Å². The number of piperidine rings is 1. The molecule has 172 valence electrons. The molecule has 2 aromatic carbocycles. The van der Waals surface area contributed by atoms with Gasteiger partial charge in [-0.25, -0.2) is 4.39 Å². The Morgan fingerprint density at radius 1 is 1.22 bits per heavy atom. The van der Waals surface area contributed by atoms with Crippen LogP contribution in [0.5, 0.6) is 0 Å². The number of carbonyl (C=O) groups is 1. The number of hydrogen-bond donors (Lipinski definition) is 0. The van der Waals surface area contributed by atoms with Crippen LogP contribution in [0.3, 0.4) is 0 Å². The minimum absolute atomic E-state index is 0.0920. The van der Waals surface area contributed by atoms with Crippen LogP contribution in [-0.2, 0) is 16.1 Å². The molecule has 2 aromatic rings. The second-order valence-electron chi connectivity index (χ2n) is 9.12. The number of anilines is 1. The number of likely N-dealkylation sites (N-methyl/N-ethyl adjacent to an activating group) is 1. The number of hydrogen-bond acceptors (Lipinski definition) is 4. The zero-order valence-electron chi connectivity index (χ0n) is 19.8. The Labute approximate surface area is 190 Å². The molecule has 1 aliphatic heterocycles. The molecular weight excluding hydrogens is 405 g/mol. The monoisotopic (exact) mass is 439 g/mol. The first-order valence-electron chi connectivity index (χ1n) is 11.2. The van der Waals surface area contributed by atoms with Crippen molar-refractivity contribution >= 4 is 17.8 Å². The van der Waals surface area contributed by atoms with Gasteiger partial charge in [0.25, 0.3) is 0 Å². The van der Waals surface area contributed by atoms with Crippen LogP contribution in [-0.4, -0.2) is 50.8 Å². The normalized spacial score (nSPS) is 19.2. The van der Waals surface area contributed by atoms with Gasteiger partial charge in [-0.2, -0.15) is 0 Å². The predicted molar refractivity (Wildman–Crippen MR) is 128 cm³/mol. The second kappa shape index (κ2) is 10.7. The molecule has 3 rings (SSSR count). The SMILES string of the molecule is Cc1cc(/C=N/OCCN(C)C)cc(C)c1N1C[C@@H](Cc2ccccc2F)C[C@@H](C)C1=O. The summed E-state index contributed by atoms with van der Waals surface area (Å²) in [5, 5.41) is 4.06. The lowest BCUT2D eigenvalue weighted by Gasteiger charge is -2.38. The van der Waals surface area contributed by atoms with Gasteiger partial charge < -0.3 is 14.6 Å². The average Bonchev–Trinajstić information content (AvgIpc) is 2.72. The molecule has 0 radical (unpaired) electrons. The molecule has 1 amide bonds. The van der Waals surface area contributed by atoms with Gasteiger partial charge in [0, 0.05) is 24.7 Å². The number of oxime groups is 1. The Balaban J connectivity index is 1.76. The molecule has 0 unspecified atom stereocenters. The Kier molecular flexibility index (Phi) is 8.02. The highest BCUT2D eigenvalue weighted by atomic mass is 19.1. The van der Waals surface area contributed by atoms with E-state index in [1.807, 2.05) is 68.9 Å². The third-order valence-corrected chi connectivity index (χ3v) is 5.97. The smallest absolute Gasteiger partial charge is 0.229 e. The van der Waals surface area contributed by atoms with Gasteiger partial charge in [0.2, 0.25) is 5.91 Å². The van der Waals surface area contributed by atoms with Crippen molar-refractivity contribution in [2.75, 3.05) is 38.7 Å². The van der Waals surface area contributed by atoms with Gasteiger partial charge in [-0.3, -0.25) is 4.79 Å². The summed E-state index contributed by atoms with van der Waals surface area (Å²) in [6, 6.07) is 11.0. The maximum absolute atomic E-state index is 14.2. The van der Waals surface area contributed by atoms with E-state index in [-0.39, 0.29) is 23.6 Å². The van der Waals surface area contributed by atoms with E-state index in [4.69, 9.17) is 4.84 Å². The fourth-order valence-electron chi connectivity index (χ4n) is 4.48. The molecule has 1 saturated heterocycles. The molecule has 32 heavy (non-hydrogen) atoms. The molecule has 1 heterocycles. The van der Waals surface area contributed by atoms with Crippen LogP contribution >= 0.6 is 0 Å². The van der Waals surface area contributed by atoms with Crippen LogP contribution in [0.2, 0.25) is 0 Å². The van der Waals surface area contributed by atoms with Crippen molar-refractivity contribution in [3.63, 3.8) is 0 Å². The highest BCUT2D eigenvalue weighted by Crippen LogP contribution is 2.34. The fourth-order valence-corrected chi connectivity index (χ4v) is 4.48. The lowest BCUT2D eigenvalue weighted by molar-refractivity contribution is -0.124. The summed E-state index contributed by atoms with van der Waals surface area (Å²) < 4.78 is 14.2. The molecule has 0 aromatic heterocycles. The molecule has 1 aliphatic rings. The number of halogens is 1. The summed E-state index contributed by atoms with van der Waals surface area (Å²) in [6.07, 6.45) is 3.12. The van der Waals surface area contributed by atoms with Crippen LogP contribution in [0.4, 0.5) is 10.1 Å². The Bertz CT molecular complexity index is 950. The summed E-state index contributed by atoms with van der Waals surface area (Å²) in [4.78, 5) is 22.3. The van der Waals surface area contributed by atoms with E-state index in [1.54, 1.807) is 12.3 Å². The van der Waals surface area contributed by atoms with E-state index in [0.717, 1.165) is 35.3 Å². The van der Waals surface area contributed by atoms with Crippen LogP contribution in [0.25, 0.3) is 0 Å². The van der Waals surface area contributed by atoms with Crippen molar-refractivity contribution in [3.05, 3.63) is 64.5 Å². The maximum atomic E-state index is 14.2. The quantitative estimate of drug-likeness (QED) is 0.343. The van der Waals surface area contributed by atoms with E-state index in [1.165, 1.54) is 6.07 Å². The first-order chi connectivity index (χ1) is 15.3. The molecule has 0 bridgehead atoms. The van der Waals surface area contributed by atoms with E-state index >= 15 is 0 Å². The van der Waals surface area contributed by atoms with Gasteiger partial charge in [0.15, 0.2) is 0 Å². The molecule has 0 aliphatic carbocycles. The molecule has 1 fully saturated rings. The second-order valence-corrected chi connectivity index (χ2v) is 9.12. The summed E-state index contributed by atoms with van der Waals surface area (Å²) in [5.74, 6) is 0.0808. The molecule has 0 spiro atoms. The third kappa shape index (κ3) is 5.94. The molecule has 0 saturated carbocycles. The first-order valence-corrected chi connectivity index (χ1v) is 11.2. The Morgan fingerprint density at radius 2 is 1.91 bits per heavy atom. The van der Waals surface area contributed by atoms with E-state index in [2.05, 4.69) is 5.16 Å². The Morgan fingerprint density at radius 3 is 2.56 bits per heavy atom. The van der Waals surface area contributed by atoms with Gasteiger partial charge in [0.05, 0.1) is 6.21 Å². The lowest BCUT2D eigenvalue weighted by Crippen LogP contribution is -2.46. The van der Waals surface area contributed by atoms with E-state index in [0.29, 0.717) is 25.1 Å². The van der Waals surface area contributed by atoms with Crippen LogP contribution in [0.15, 0.2) is 41.6 Å². The van der Waals surface area contributed by atoms with Crippen molar-refractivity contribution in [1.82, 2.24) is 4.90 Å². The minimum Gasteiger partial charge on any atom is -0.394 e. The molecule has 2 atom stereocenters. The van der Waals surface area contributed by atoms with Crippen LogP contribution < -0.4 is 4.90 Å². The fraction of sp³-hybridized carbons (Fsp3) is 0.462. The number of rotatable bonds is 8. The summed E-state index contributed by atoms with van der Waals surface area (Å²) in [6.45, 7) is 7.94. The third-order valence-electron chi connectivity index (χ3n) is 5.97. The van der Waals surface area contributed by atoms with Gasteiger partial charge in [0.1, 0.15) is 12.4 Å². The van der Waals surface area contributed by atoms with Gasteiger partial charge in [-0.05, 0) is 87.2 Å². The largest absolute Gasteiger partial charge is 0.394 e. The molecular formula is C26H34FN3O2. The summed E-state index contributed by atoms with van der Waals surface area (Å²) in [7, 11) is 3.98. The molecule has 5 nitrogen and oxygen atoms in total. The van der Waals surface area contributed by atoms with Gasteiger partial charge >= 0.3 is 0 Å². The maximum Gasteiger partial charge on any atom is 0.229 e. The van der Waals surface area contributed by atoms with Crippen molar-refractivity contribution in [2.45, 2.75) is 33.6 Å². The first kappa shape index (κ1) is 23.9. The number of aryl methyl sites for hydroxylation is 2. The molecule has 0 N–H and O–H groups in total. The Hall–Kier alpha value is -2.73. The summed E-state index contributed by atoms with van der Waals surface area (Å²) in [5.41, 5.74) is 4.65. The number of nitrogens with zero attached hydrogens (tertiary/aromatic N) is 3. The van der Waals surface area contributed by atoms with E-state index in [9.17, 15) is 9.18 Å². The highest BCUT2D eigenvalue weighted by molar-refractivity contribution is 5.97. The van der Waals surface area contributed by atoms with Crippen molar-refractivity contribution < 1.29 is 14.0 Å². The van der Waals surface area contributed by atoms with Crippen LogP contribution in [0.1, 0.15) is 35.6 Å². The van der Waals surface area contributed by atoms with Gasteiger partial charge in [-0.1, -0.05) is 30.3 Å². The summed E-state index contributed by atoms with van der Waals surface area (Å²) >= 11 is 0. The van der Waals surface area contributed by atoms with Crippen molar-refractivity contribution in [1.29, 1.82) is 0 Å².